The molecule has 0 saturated heterocycles. The summed E-state index contributed by atoms with van der Waals surface area (Å²) in [6.07, 6.45) is 8.47. The highest BCUT2D eigenvalue weighted by molar-refractivity contribution is 5.93. The summed E-state index contributed by atoms with van der Waals surface area (Å²) in [4.78, 5) is 28.2. The topological polar surface area (TPSA) is 89.9 Å². The number of nitrogens with zero attached hydrogens (tertiary/aromatic N) is 4. The maximum Gasteiger partial charge on any atom is 0.360 e. The highest BCUT2D eigenvalue weighted by Gasteiger charge is 2.27. The Balaban J connectivity index is 1.94. The molecule has 1 fully saturated rings. The Morgan fingerprint density at radius 3 is 2.70 bits per heavy atom. The molecule has 0 spiro atoms. The number of hydrogen-bond acceptors (Lipinski definition) is 7. The van der Waals surface area contributed by atoms with Gasteiger partial charge in [-0.05, 0) is 12.8 Å². The monoisotopic (exact) mass is 271 g/mol. The third-order valence-corrected chi connectivity index (χ3v) is 2.99. The van der Waals surface area contributed by atoms with Gasteiger partial charge in [-0.15, -0.1) is 0 Å². The van der Waals surface area contributed by atoms with Gasteiger partial charge in [-0.1, -0.05) is 0 Å². The number of ether oxygens (including phenoxy) is 1. The van der Waals surface area contributed by atoms with Gasteiger partial charge in [-0.25, -0.2) is 24.7 Å². The van der Waals surface area contributed by atoms with Gasteiger partial charge in [0.25, 0.3) is 0 Å². The minimum absolute atomic E-state index is 0.181. The second-order valence-electron chi connectivity index (χ2n) is 4.51. The predicted octanol–water partition coefficient (Wildman–Crippen LogP) is 1.67. The van der Waals surface area contributed by atoms with Crippen LogP contribution in [0.3, 0.4) is 0 Å². The summed E-state index contributed by atoms with van der Waals surface area (Å²) in [5, 5.41) is 2.97. The molecule has 0 aliphatic heterocycles. The van der Waals surface area contributed by atoms with Crippen molar-refractivity contribution in [3.63, 3.8) is 0 Å². The van der Waals surface area contributed by atoms with Crippen molar-refractivity contribution in [2.45, 2.75) is 18.8 Å². The first kappa shape index (κ1) is 12.5. The lowest BCUT2D eigenvalue weighted by Crippen LogP contribution is -2.11. The van der Waals surface area contributed by atoms with Crippen LogP contribution in [0.1, 0.15) is 34.9 Å². The zero-order valence-electron chi connectivity index (χ0n) is 10.9. The Bertz CT molecular complexity index is 628. The van der Waals surface area contributed by atoms with Crippen molar-refractivity contribution in [1.82, 2.24) is 19.9 Å². The molecule has 0 aromatic carbocycles. The van der Waals surface area contributed by atoms with Gasteiger partial charge in [-0.2, -0.15) is 0 Å². The average molecular weight is 271 g/mol. The number of esters is 1. The Labute approximate surface area is 115 Å². The number of aromatic nitrogens is 4. The largest absolute Gasteiger partial charge is 0.464 e. The van der Waals surface area contributed by atoms with Gasteiger partial charge in [0.15, 0.2) is 11.5 Å². The zero-order chi connectivity index (χ0) is 13.9. The predicted molar refractivity (Wildman–Crippen MR) is 70.7 cm³/mol. The first-order valence-electron chi connectivity index (χ1n) is 6.25. The summed E-state index contributed by atoms with van der Waals surface area (Å²) < 4.78 is 4.76. The van der Waals surface area contributed by atoms with E-state index >= 15 is 0 Å². The van der Waals surface area contributed by atoms with E-state index in [9.17, 15) is 4.79 Å². The number of methoxy groups -OCH3 is 1. The van der Waals surface area contributed by atoms with Crippen molar-refractivity contribution in [2.75, 3.05) is 12.4 Å². The van der Waals surface area contributed by atoms with Crippen molar-refractivity contribution in [1.29, 1.82) is 0 Å². The summed E-state index contributed by atoms with van der Waals surface area (Å²) in [6, 6.07) is 0. The summed E-state index contributed by atoms with van der Waals surface area (Å²) in [7, 11) is 1.32. The molecule has 0 unspecified atom stereocenters. The molecule has 0 atom stereocenters. The van der Waals surface area contributed by atoms with E-state index in [1.54, 1.807) is 18.6 Å². The molecule has 1 aliphatic rings. The Kier molecular flexibility index (Phi) is 3.24. The smallest absolute Gasteiger partial charge is 0.360 e. The molecule has 2 aromatic heterocycles. The van der Waals surface area contributed by atoms with E-state index in [0.29, 0.717) is 17.4 Å². The fourth-order valence-corrected chi connectivity index (χ4v) is 1.81. The van der Waals surface area contributed by atoms with Crippen LogP contribution in [0.25, 0.3) is 0 Å². The molecule has 7 nitrogen and oxygen atoms in total. The third kappa shape index (κ3) is 2.56. The fraction of sp³-hybridized carbons (Fsp3) is 0.308. The minimum Gasteiger partial charge on any atom is -0.464 e. The zero-order valence-corrected chi connectivity index (χ0v) is 10.9. The molecule has 102 valence electrons. The van der Waals surface area contributed by atoms with E-state index in [1.807, 2.05) is 0 Å². The molecule has 0 bridgehead atoms. The second-order valence-corrected chi connectivity index (χ2v) is 4.51. The van der Waals surface area contributed by atoms with Gasteiger partial charge < -0.3 is 10.1 Å². The number of nitrogens with one attached hydrogen (secondary N) is 1. The molecule has 2 heterocycles. The number of carbonyl (C=O) groups is 1. The van der Waals surface area contributed by atoms with Crippen LogP contribution in [0, 0.1) is 0 Å². The van der Waals surface area contributed by atoms with Crippen LogP contribution >= 0.6 is 0 Å². The Morgan fingerprint density at radius 2 is 2.05 bits per heavy atom. The summed E-state index contributed by atoms with van der Waals surface area (Å²) in [5.41, 5.74) is 1.65. The highest BCUT2D eigenvalue weighted by atomic mass is 16.5. The molecule has 1 aliphatic carbocycles. The lowest BCUT2D eigenvalue weighted by Gasteiger charge is -2.09. The van der Waals surface area contributed by atoms with E-state index in [2.05, 4.69) is 25.3 Å². The number of carbonyl (C=O) groups excluding carboxylic acids is 1. The minimum atomic E-state index is -0.514. The first-order valence-corrected chi connectivity index (χ1v) is 6.25. The molecule has 1 N–H and O–H groups in total. The van der Waals surface area contributed by atoms with Crippen LogP contribution in [-0.2, 0) is 4.74 Å². The van der Waals surface area contributed by atoms with E-state index in [4.69, 9.17) is 4.74 Å². The molecule has 7 heteroatoms. The molecule has 20 heavy (non-hydrogen) atoms. The lowest BCUT2D eigenvalue weighted by atomic mass is 10.3. The maximum atomic E-state index is 11.8. The Hall–Kier alpha value is -2.57. The van der Waals surface area contributed by atoms with Crippen molar-refractivity contribution < 1.29 is 9.53 Å². The van der Waals surface area contributed by atoms with Gasteiger partial charge in [0.05, 0.1) is 37.1 Å². The van der Waals surface area contributed by atoms with Crippen LogP contribution in [-0.4, -0.2) is 33.0 Å². The number of anilines is 2. The van der Waals surface area contributed by atoms with Crippen LogP contribution < -0.4 is 5.32 Å². The van der Waals surface area contributed by atoms with Gasteiger partial charge in [0.1, 0.15) is 6.33 Å². The normalized spacial score (nSPS) is 13.8. The van der Waals surface area contributed by atoms with Crippen LogP contribution in [0.4, 0.5) is 11.5 Å². The Morgan fingerprint density at radius 1 is 1.30 bits per heavy atom. The van der Waals surface area contributed by atoms with Crippen LogP contribution in [0.2, 0.25) is 0 Å². The van der Waals surface area contributed by atoms with Crippen molar-refractivity contribution in [2.24, 2.45) is 0 Å². The average Bonchev–Trinajstić information content (AvgIpc) is 3.33. The van der Waals surface area contributed by atoms with Crippen molar-refractivity contribution in [3.05, 3.63) is 36.3 Å². The van der Waals surface area contributed by atoms with Gasteiger partial charge in [0.2, 0.25) is 0 Å². The van der Waals surface area contributed by atoms with E-state index in [-0.39, 0.29) is 5.69 Å². The SMILES string of the molecule is COC(=O)c1nc(C2CC2)cnc1Nc1cncnc1. The van der Waals surface area contributed by atoms with Crippen molar-refractivity contribution >= 4 is 17.5 Å². The highest BCUT2D eigenvalue weighted by Crippen LogP contribution is 2.39. The molecular weight excluding hydrogens is 258 g/mol. The molecule has 0 radical (unpaired) electrons. The second kappa shape index (κ2) is 5.20. The fourth-order valence-electron chi connectivity index (χ4n) is 1.81. The summed E-state index contributed by atoms with van der Waals surface area (Å²) in [5.74, 6) is 0.246. The van der Waals surface area contributed by atoms with E-state index < -0.39 is 5.97 Å². The first-order chi connectivity index (χ1) is 9.78. The third-order valence-electron chi connectivity index (χ3n) is 2.99. The molecule has 1 saturated carbocycles. The summed E-state index contributed by atoms with van der Waals surface area (Å²) >= 11 is 0. The van der Waals surface area contributed by atoms with Gasteiger partial charge in [-0.3, -0.25) is 0 Å². The van der Waals surface area contributed by atoms with E-state index in [0.717, 1.165) is 18.5 Å². The van der Waals surface area contributed by atoms with E-state index in [1.165, 1.54) is 13.4 Å². The number of hydrogen-bond donors (Lipinski definition) is 1. The van der Waals surface area contributed by atoms with Crippen LogP contribution in [0.15, 0.2) is 24.9 Å². The standard InChI is InChI=1S/C13H13N5O2/c1-20-13(19)11-12(17-9-4-14-7-15-5-9)16-6-10(18-11)8-2-3-8/h4-8H,2-3H2,1H3,(H,16,17). The van der Waals surface area contributed by atoms with Gasteiger partial charge >= 0.3 is 5.97 Å². The number of rotatable bonds is 4. The maximum absolute atomic E-state index is 11.8. The molecule has 3 rings (SSSR count). The molecular formula is C13H13N5O2. The van der Waals surface area contributed by atoms with Gasteiger partial charge in [0, 0.05) is 5.92 Å². The lowest BCUT2D eigenvalue weighted by molar-refractivity contribution is 0.0594. The molecule has 0 amide bonds. The van der Waals surface area contributed by atoms with Crippen molar-refractivity contribution in [3.8, 4) is 0 Å². The summed E-state index contributed by atoms with van der Waals surface area (Å²) in [6.45, 7) is 0. The quantitative estimate of drug-likeness (QED) is 0.846. The van der Waals surface area contributed by atoms with Crippen LogP contribution in [0.5, 0.6) is 0 Å². The molecule has 2 aromatic rings.